The van der Waals surface area contributed by atoms with Crippen molar-refractivity contribution in [2.45, 2.75) is 32.2 Å². The molecule has 0 heterocycles. The monoisotopic (exact) mass is 388 g/mol. The number of likely N-dealkylation sites (N-methyl/N-ethyl adjacent to an activating group) is 1. The number of carbonyl (C=O) groups excluding carboxylic acids is 2. The van der Waals surface area contributed by atoms with Gasteiger partial charge in [0.05, 0.1) is 5.75 Å². The van der Waals surface area contributed by atoms with E-state index in [4.69, 9.17) is 0 Å². The molecular weight excluding hydrogens is 363 g/mol. The number of hydrogen-bond donors (Lipinski definition) is 1. The summed E-state index contributed by atoms with van der Waals surface area (Å²) in [5.74, 6) is 0.00649. The van der Waals surface area contributed by atoms with Crippen LogP contribution in [0.15, 0.2) is 54.6 Å². The number of benzene rings is 2. The van der Waals surface area contributed by atoms with Gasteiger partial charge in [0.25, 0.3) is 0 Å². The molecule has 0 aliphatic heterocycles. The number of nitrogens with one attached hydrogen (secondary N) is 1. The van der Waals surface area contributed by atoms with Gasteiger partial charge in [0.1, 0.15) is 11.9 Å². The molecule has 0 spiro atoms. The zero-order valence-corrected chi connectivity index (χ0v) is 16.5. The van der Waals surface area contributed by atoms with Crippen LogP contribution in [0.1, 0.15) is 25.0 Å². The molecule has 0 saturated heterocycles. The molecule has 2 aromatic rings. The molecule has 0 fully saturated rings. The van der Waals surface area contributed by atoms with Crippen molar-refractivity contribution < 1.29 is 14.0 Å². The third kappa shape index (κ3) is 6.40. The largest absolute Gasteiger partial charge is 0.355 e. The molecule has 0 radical (unpaired) electrons. The van der Waals surface area contributed by atoms with Gasteiger partial charge in [0, 0.05) is 18.8 Å². The van der Waals surface area contributed by atoms with Crippen LogP contribution in [0, 0.1) is 5.82 Å². The van der Waals surface area contributed by atoms with E-state index in [1.165, 1.54) is 17.8 Å². The molecule has 1 atom stereocenters. The Labute approximate surface area is 164 Å². The van der Waals surface area contributed by atoms with Gasteiger partial charge < -0.3 is 10.2 Å². The number of thioether (sulfide) groups is 1. The number of halogens is 1. The van der Waals surface area contributed by atoms with Crippen LogP contribution in [-0.4, -0.2) is 35.1 Å². The lowest BCUT2D eigenvalue weighted by Gasteiger charge is -2.28. The second kappa shape index (κ2) is 10.7. The van der Waals surface area contributed by atoms with Crippen molar-refractivity contribution in [1.29, 1.82) is 0 Å². The van der Waals surface area contributed by atoms with Crippen LogP contribution in [0.25, 0.3) is 0 Å². The highest BCUT2D eigenvalue weighted by Gasteiger charge is 2.25. The SMILES string of the molecule is CCNC(=O)[C@@H](C)N(Cc1ccccc1)C(=O)CSCc1ccccc1F. The van der Waals surface area contributed by atoms with Gasteiger partial charge in [-0.1, -0.05) is 48.5 Å². The first-order valence-corrected chi connectivity index (χ1v) is 10.1. The Morgan fingerprint density at radius 3 is 2.44 bits per heavy atom. The van der Waals surface area contributed by atoms with Crippen LogP contribution in [0.3, 0.4) is 0 Å². The van der Waals surface area contributed by atoms with Crippen LogP contribution < -0.4 is 5.32 Å². The first-order chi connectivity index (χ1) is 13.0. The Hall–Kier alpha value is -2.34. The maximum Gasteiger partial charge on any atom is 0.242 e. The number of amides is 2. The van der Waals surface area contributed by atoms with Gasteiger partial charge in [-0.25, -0.2) is 4.39 Å². The molecule has 0 aromatic heterocycles. The molecule has 6 heteroatoms. The van der Waals surface area contributed by atoms with E-state index in [1.807, 2.05) is 37.3 Å². The van der Waals surface area contributed by atoms with Crippen molar-refractivity contribution >= 4 is 23.6 Å². The Morgan fingerprint density at radius 1 is 1.11 bits per heavy atom. The zero-order valence-electron chi connectivity index (χ0n) is 15.7. The van der Waals surface area contributed by atoms with Gasteiger partial charge >= 0.3 is 0 Å². The normalized spacial score (nSPS) is 11.7. The molecule has 0 bridgehead atoms. The van der Waals surface area contributed by atoms with Gasteiger partial charge in [-0.2, -0.15) is 0 Å². The number of hydrogen-bond acceptors (Lipinski definition) is 3. The molecule has 2 aromatic carbocycles. The molecule has 0 aliphatic rings. The number of rotatable bonds is 9. The molecule has 0 unspecified atom stereocenters. The fourth-order valence-electron chi connectivity index (χ4n) is 2.63. The Kier molecular flexibility index (Phi) is 8.33. The van der Waals surface area contributed by atoms with Crippen LogP contribution >= 0.6 is 11.8 Å². The highest BCUT2D eigenvalue weighted by Crippen LogP contribution is 2.17. The van der Waals surface area contributed by atoms with Gasteiger partial charge in [0.2, 0.25) is 11.8 Å². The summed E-state index contributed by atoms with van der Waals surface area (Å²) in [4.78, 5) is 26.6. The van der Waals surface area contributed by atoms with E-state index in [0.29, 0.717) is 24.4 Å². The molecule has 1 N–H and O–H groups in total. The lowest BCUT2D eigenvalue weighted by atomic mass is 10.1. The Bertz CT molecular complexity index is 755. The third-order valence-corrected chi connectivity index (χ3v) is 5.12. The van der Waals surface area contributed by atoms with E-state index in [1.54, 1.807) is 30.0 Å². The van der Waals surface area contributed by atoms with E-state index in [9.17, 15) is 14.0 Å². The average Bonchev–Trinajstić information content (AvgIpc) is 2.68. The van der Waals surface area contributed by atoms with Crippen molar-refractivity contribution in [3.05, 3.63) is 71.5 Å². The predicted octanol–water partition coefficient (Wildman–Crippen LogP) is 3.61. The Morgan fingerprint density at radius 2 is 1.78 bits per heavy atom. The topological polar surface area (TPSA) is 49.4 Å². The summed E-state index contributed by atoms with van der Waals surface area (Å²) in [6, 6.07) is 15.5. The van der Waals surface area contributed by atoms with E-state index in [-0.39, 0.29) is 23.4 Å². The highest BCUT2D eigenvalue weighted by atomic mass is 32.2. The van der Waals surface area contributed by atoms with Crippen molar-refractivity contribution in [1.82, 2.24) is 10.2 Å². The van der Waals surface area contributed by atoms with E-state index in [2.05, 4.69) is 5.32 Å². The maximum absolute atomic E-state index is 13.7. The lowest BCUT2D eigenvalue weighted by Crippen LogP contribution is -2.48. The summed E-state index contributed by atoms with van der Waals surface area (Å²) < 4.78 is 13.7. The second-order valence-electron chi connectivity index (χ2n) is 6.16. The fourth-order valence-corrected chi connectivity index (χ4v) is 3.53. The van der Waals surface area contributed by atoms with Crippen LogP contribution in [-0.2, 0) is 21.9 Å². The average molecular weight is 389 g/mol. The van der Waals surface area contributed by atoms with Crippen molar-refractivity contribution in [2.24, 2.45) is 0 Å². The highest BCUT2D eigenvalue weighted by molar-refractivity contribution is 7.99. The molecule has 2 amide bonds. The second-order valence-corrected chi connectivity index (χ2v) is 7.15. The summed E-state index contributed by atoms with van der Waals surface area (Å²) >= 11 is 1.35. The quantitative estimate of drug-likeness (QED) is 0.714. The Balaban J connectivity index is 2.03. The van der Waals surface area contributed by atoms with Crippen LogP contribution in [0.4, 0.5) is 4.39 Å². The van der Waals surface area contributed by atoms with E-state index >= 15 is 0 Å². The maximum atomic E-state index is 13.7. The minimum absolute atomic E-state index is 0.140. The van der Waals surface area contributed by atoms with Crippen molar-refractivity contribution in [3.8, 4) is 0 Å². The minimum atomic E-state index is -0.577. The summed E-state index contributed by atoms with van der Waals surface area (Å²) in [5, 5.41) is 2.77. The number of nitrogens with zero attached hydrogens (tertiary/aromatic N) is 1. The van der Waals surface area contributed by atoms with Crippen molar-refractivity contribution in [2.75, 3.05) is 12.3 Å². The molecule has 0 aliphatic carbocycles. The van der Waals surface area contributed by atoms with E-state index < -0.39 is 6.04 Å². The lowest BCUT2D eigenvalue weighted by molar-refractivity contribution is -0.138. The fraction of sp³-hybridized carbons (Fsp3) is 0.333. The first kappa shape index (κ1) is 21.0. The van der Waals surface area contributed by atoms with E-state index in [0.717, 1.165) is 5.56 Å². The molecule has 0 saturated carbocycles. The number of carbonyl (C=O) groups is 2. The molecular formula is C21H25FN2O2S. The van der Waals surface area contributed by atoms with Crippen LogP contribution in [0.2, 0.25) is 0 Å². The first-order valence-electron chi connectivity index (χ1n) is 8.95. The smallest absolute Gasteiger partial charge is 0.242 e. The van der Waals surface area contributed by atoms with Crippen molar-refractivity contribution in [3.63, 3.8) is 0 Å². The molecule has 144 valence electrons. The summed E-state index contributed by atoms with van der Waals surface area (Å²) in [5.41, 5.74) is 1.53. The predicted molar refractivity (Wildman–Crippen MR) is 108 cm³/mol. The standard InChI is InChI=1S/C21H25FN2O2S/c1-3-23-21(26)16(2)24(13-17-9-5-4-6-10-17)20(25)15-27-14-18-11-7-8-12-19(18)22/h4-12,16H,3,13-15H2,1-2H3,(H,23,26)/t16-/m1/s1. The summed E-state index contributed by atoms with van der Waals surface area (Å²) in [7, 11) is 0. The minimum Gasteiger partial charge on any atom is -0.355 e. The van der Waals surface area contributed by atoms with Gasteiger partial charge in [-0.3, -0.25) is 9.59 Å². The van der Waals surface area contributed by atoms with Gasteiger partial charge in [0.15, 0.2) is 0 Å². The third-order valence-electron chi connectivity index (χ3n) is 4.15. The van der Waals surface area contributed by atoms with Crippen LogP contribution in [0.5, 0.6) is 0 Å². The summed E-state index contributed by atoms with van der Waals surface area (Å²) in [6.07, 6.45) is 0. The molecule has 2 rings (SSSR count). The molecule has 27 heavy (non-hydrogen) atoms. The van der Waals surface area contributed by atoms with Gasteiger partial charge in [-0.15, -0.1) is 11.8 Å². The van der Waals surface area contributed by atoms with Gasteiger partial charge in [-0.05, 0) is 31.0 Å². The zero-order chi connectivity index (χ0) is 19.6. The summed E-state index contributed by atoms with van der Waals surface area (Å²) in [6.45, 7) is 4.45. The molecule has 4 nitrogen and oxygen atoms in total.